The third kappa shape index (κ3) is 4.19. The maximum atomic E-state index is 12.3. The van der Waals surface area contributed by atoms with Crippen molar-refractivity contribution in [1.82, 2.24) is 10.2 Å². The molecular formula is C18H26N2O4. The van der Waals surface area contributed by atoms with Gasteiger partial charge in [0, 0.05) is 13.1 Å². The first-order valence-electron chi connectivity index (χ1n) is 8.28. The van der Waals surface area contributed by atoms with Crippen LogP contribution in [0.3, 0.4) is 0 Å². The van der Waals surface area contributed by atoms with E-state index in [0.717, 1.165) is 18.4 Å². The second kappa shape index (κ2) is 8.04. The lowest BCUT2D eigenvalue weighted by Crippen LogP contribution is -2.47. The summed E-state index contributed by atoms with van der Waals surface area (Å²) >= 11 is 0. The predicted molar refractivity (Wildman–Crippen MR) is 91.1 cm³/mol. The predicted octanol–water partition coefficient (Wildman–Crippen LogP) is 2.14. The van der Waals surface area contributed by atoms with Gasteiger partial charge in [0.25, 0.3) is 0 Å². The highest BCUT2D eigenvalue weighted by atomic mass is 16.5. The smallest absolute Gasteiger partial charge is 0.311 e. The zero-order chi connectivity index (χ0) is 17.7. The van der Waals surface area contributed by atoms with Crippen molar-refractivity contribution >= 4 is 11.8 Å². The molecule has 6 nitrogen and oxygen atoms in total. The van der Waals surface area contributed by atoms with Gasteiger partial charge in [-0.15, -0.1) is 0 Å². The van der Waals surface area contributed by atoms with Gasteiger partial charge in [-0.25, -0.2) is 0 Å². The van der Waals surface area contributed by atoms with Gasteiger partial charge in [0.05, 0.1) is 20.3 Å². The number of carbonyl (C=O) groups is 2. The van der Waals surface area contributed by atoms with Crippen molar-refractivity contribution in [3.05, 3.63) is 23.8 Å². The monoisotopic (exact) mass is 334 g/mol. The fourth-order valence-corrected chi connectivity index (χ4v) is 2.98. The molecule has 2 atom stereocenters. The summed E-state index contributed by atoms with van der Waals surface area (Å²) in [5.74, 6) is 0.643. The SMILES string of the molecule is COc1ccc(C(C)NC(=O)C(=O)N2CCCC(C)C2)cc1OC. The summed E-state index contributed by atoms with van der Waals surface area (Å²) in [6.07, 6.45) is 2.05. The van der Waals surface area contributed by atoms with E-state index >= 15 is 0 Å². The fourth-order valence-electron chi connectivity index (χ4n) is 2.98. The van der Waals surface area contributed by atoms with E-state index in [4.69, 9.17) is 9.47 Å². The first kappa shape index (κ1) is 18.1. The maximum absolute atomic E-state index is 12.3. The Kier molecular flexibility index (Phi) is 6.06. The van der Waals surface area contributed by atoms with E-state index in [-0.39, 0.29) is 6.04 Å². The summed E-state index contributed by atoms with van der Waals surface area (Å²) in [6, 6.07) is 5.13. The zero-order valence-corrected chi connectivity index (χ0v) is 14.8. The van der Waals surface area contributed by atoms with E-state index in [1.54, 1.807) is 31.3 Å². The van der Waals surface area contributed by atoms with Crippen LogP contribution < -0.4 is 14.8 Å². The lowest BCUT2D eigenvalue weighted by molar-refractivity contribution is -0.147. The van der Waals surface area contributed by atoms with Gasteiger partial charge in [0.15, 0.2) is 11.5 Å². The lowest BCUT2D eigenvalue weighted by atomic mass is 10.0. The van der Waals surface area contributed by atoms with Gasteiger partial charge in [-0.3, -0.25) is 9.59 Å². The second-order valence-corrected chi connectivity index (χ2v) is 6.31. The average Bonchev–Trinajstić information content (AvgIpc) is 2.60. The van der Waals surface area contributed by atoms with Crippen LogP contribution in [0.15, 0.2) is 18.2 Å². The number of benzene rings is 1. The number of carbonyl (C=O) groups excluding carboxylic acids is 2. The minimum Gasteiger partial charge on any atom is -0.493 e. The summed E-state index contributed by atoms with van der Waals surface area (Å²) in [6.45, 7) is 5.24. The molecule has 0 bridgehead atoms. The van der Waals surface area contributed by atoms with Crippen molar-refractivity contribution in [2.24, 2.45) is 5.92 Å². The van der Waals surface area contributed by atoms with E-state index in [1.807, 2.05) is 13.0 Å². The number of ether oxygens (including phenoxy) is 2. The Morgan fingerprint density at radius 2 is 1.96 bits per heavy atom. The van der Waals surface area contributed by atoms with E-state index in [9.17, 15) is 9.59 Å². The van der Waals surface area contributed by atoms with E-state index in [0.29, 0.717) is 30.5 Å². The number of methoxy groups -OCH3 is 2. The third-order valence-corrected chi connectivity index (χ3v) is 4.39. The molecule has 1 heterocycles. The number of amides is 2. The molecule has 1 aromatic carbocycles. The van der Waals surface area contributed by atoms with E-state index in [2.05, 4.69) is 12.2 Å². The number of nitrogens with one attached hydrogen (secondary N) is 1. The Bertz CT molecular complexity index is 603. The fraction of sp³-hybridized carbons (Fsp3) is 0.556. The van der Waals surface area contributed by atoms with Gasteiger partial charge in [0.2, 0.25) is 0 Å². The minimum absolute atomic E-state index is 0.302. The minimum atomic E-state index is -0.564. The number of likely N-dealkylation sites (tertiary alicyclic amines) is 1. The molecule has 1 aliphatic rings. The van der Waals surface area contributed by atoms with Gasteiger partial charge in [0.1, 0.15) is 0 Å². The molecule has 24 heavy (non-hydrogen) atoms. The summed E-state index contributed by atoms with van der Waals surface area (Å²) in [7, 11) is 3.13. The Morgan fingerprint density at radius 1 is 1.25 bits per heavy atom. The topological polar surface area (TPSA) is 67.9 Å². The van der Waals surface area contributed by atoms with E-state index < -0.39 is 11.8 Å². The highest BCUT2D eigenvalue weighted by molar-refractivity contribution is 6.35. The van der Waals surface area contributed by atoms with Crippen LogP contribution in [-0.2, 0) is 9.59 Å². The molecule has 2 amide bonds. The Balaban J connectivity index is 2.01. The highest BCUT2D eigenvalue weighted by Gasteiger charge is 2.27. The number of hydrogen-bond acceptors (Lipinski definition) is 4. The summed E-state index contributed by atoms with van der Waals surface area (Å²) in [4.78, 5) is 26.2. The van der Waals surface area contributed by atoms with Crippen LogP contribution in [-0.4, -0.2) is 44.0 Å². The lowest BCUT2D eigenvalue weighted by Gasteiger charge is -2.30. The van der Waals surface area contributed by atoms with Crippen molar-refractivity contribution in [2.45, 2.75) is 32.7 Å². The highest BCUT2D eigenvalue weighted by Crippen LogP contribution is 2.29. The van der Waals surface area contributed by atoms with Gasteiger partial charge < -0.3 is 19.7 Å². The van der Waals surface area contributed by atoms with Crippen LogP contribution in [0, 0.1) is 5.92 Å². The Hall–Kier alpha value is -2.24. The van der Waals surface area contributed by atoms with Gasteiger partial charge in [-0.05, 0) is 43.4 Å². The maximum Gasteiger partial charge on any atom is 0.311 e. The van der Waals surface area contributed by atoms with Crippen LogP contribution in [0.5, 0.6) is 11.5 Å². The molecule has 1 fully saturated rings. The van der Waals surface area contributed by atoms with Gasteiger partial charge >= 0.3 is 11.8 Å². The number of piperidine rings is 1. The molecule has 1 aromatic rings. The molecule has 2 rings (SSSR count). The second-order valence-electron chi connectivity index (χ2n) is 6.31. The van der Waals surface area contributed by atoms with Crippen molar-refractivity contribution < 1.29 is 19.1 Å². The van der Waals surface area contributed by atoms with Crippen molar-refractivity contribution in [3.8, 4) is 11.5 Å². The van der Waals surface area contributed by atoms with Gasteiger partial charge in [-0.1, -0.05) is 13.0 Å². The Labute approximate surface area is 143 Å². The quantitative estimate of drug-likeness (QED) is 0.857. The molecular weight excluding hydrogens is 308 g/mol. The molecule has 0 spiro atoms. The summed E-state index contributed by atoms with van der Waals surface area (Å²) in [5.41, 5.74) is 0.848. The molecule has 6 heteroatoms. The molecule has 1 N–H and O–H groups in total. The van der Waals surface area contributed by atoms with Crippen LogP contribution in [0.1, 0.15) is 38.3 Å². The zero-order valence-electron chi connectivity index (χ0n) is 14.8. The Morgan fingerprint density at radius 3 is 2.58 bits per heavy atom. The molecule has 0 radical (unpaired) electrons. The molecule has 1 aliphatic heterocycles. The molecule has 2 unspecified atom stereocenters. The number of rotatable bonds is 4. The largest absolute Gasteiger partial charge is 0.493 e. The summed E-state index contributed by atoms with van der Waals surface area (Å²) < 4.78 is 10.5. The first-order valence-corrected chi connectivity index (χ1v) is 8.28. The molecule has 1 saturated heterocycles. The first-order chi connectivity index (χ1) is 11.5. The van der Waals surface area contributed by atoms with Crippen LogP contribution in [0.4, 0.5) is 0 Å². The summed E-state index contributed by atoms with van der Waals surface area (Å²) in [5, 5.41) is 2.77. The number of nitrogens with zero attached hydrogens (tertiary/aromatic N) is 1. The van der Waals surface area contributed by atoms with Crippen LogP contribution in [0.2, 0.25) is 0 Å². The third-order valence-electron chi connectivity index (χ3n) is 4.39. The average molecular weight is 334 g/mol. The molecule has 0 aromatic heterocycles. The van der Waals surface area contributed by atoms with Crippen LogP contribution >= 0.6 is 0 Å². The van der Waals surface area contributed by atoms with Crippen molar-refractivity contribution in [1.29, 1.82) is 0 Å². The van der Waals surface area contributed by atoms with Crippen LogP contribution in [0.25, 0.3) is 0 Å². The number of hydrogen-bond donors (Lipinski definition) is 1. The standard InChI is InChI=1S/C18H26N2O4/c1-12-6-5-9-20(11-12)18(22)17(21)19-13(2)14-7-8-15(23-3)16(10-14)24-4/h7-8,10,12-13H,5-6,9,11H2,1-4H3,(H,19,21). The van der Waals surface area contributed by atoms with E-state index in [1.165, 1.54) is 0 Å². The van der Waals surface area contributed by atoms with Gasteiger partial charge in [-0.2, -0.15) is 0 Å². The normalized spacial score (nSPS) is 18.7. The molecule has 0 saturated carbocycles. The van der Waals surface area contributed by atoms with Crippen molar-refractivity contribution in [2.75, 3.05) is 27.3 Å². The molecule has 132 valence electrons. The molecule has 0 aliphatic carbocycles. The van der Waals surface area contributed by atoms with Crippen molar-refractivity contribution in [3.63, 3.8) is 0 Å².